The number of aryl methyl sites for hydroxylation is 1. The van der Waals surface area contributed by atoms with Gasteiger partial charge < -0.3 is 5.73 Å². The van der Waals surface area contributed by atoms with Crippen molar-refractivity contribution in [1.82, 2.24) is 0 Å². The van der Waals surface area contributed by atoms with Crippen molar-refractivity contribution in [2.75, 3.05) is 6.54 Å². The van der Waals surface area contributed by atoms with E-state index in [1.54, 1.807) is 0 Å². The lowest BCUT2D eigenvalue weighted by molar-refractivity contribution is 0.558. The lowest BCUT2D eigenvalue weighted by atomic mass is 10.0. The van der Waals surface area contributed by atoms with Gasteiger partial charge in [0, 0.05) is 4.47 Å². The molecule has 2 N–H and O–H groups in total. The number of hydrogen-bond acceptors (Lipinski definition) is 1. The summed E-state index contributed by atoms with van der Waals surface area (Å²) in [6, 6.07) is 6.61. The van der Waals surface area contributed by atoms with Crippen LogP contribution in [0.25, 0.3) is 0 Å². The topological polar surface area (TPSA) is 26.0 Å². The minimum absolute atomic E-state index is 0.368. The molecule has 0 aliphatic heterocycles. The van der Waals surface area contributed by atoms with E-state index < -0.39 is 0 Å². The van der Waals surface area contributed by atoms with E-state index in [0.717, 1.165) is 6.54 Å². The van der Waals surface area contributed by atoms with Crippen LogP contribution < -0.4 is 5.73 Å². The van der Waals surface area contributed by atoms with Crippen molar-refractivity contribution in [1.29, 1.82) is 0 Å². The van der Waals surface area contributed by atoms with Gasteiger partial charge >= 0.3 is 0 Å². The van der Waals surface area contributed by atoms with Crippen LogP contribution in [0.1, 0.15) is 30.9 Å². The van der Waals surface area contributed by atoms with E-state index in [-0.39, 0.29) is 0 Å². The highest BCUT2D eigenvalue weighted by Gasteiger charge is 2.57. The first-order chi connectivity index (χ1) is 6.98. The number of hydrogen-bond donors (Lipinski definition) is 1. The van der Waals surface area contributed by atoms with Gasteiger partial charge in [0.25, 0.3) is 0 Å². The van der Waals surface area contributed by atoms with Gasteiger partial charge in [0.2, 0.25) is 0 Å². The van der Waals surface area contributed by atoms with Crippen molar-refractivity contribution < 1.29 is 0 Å². The fourth-order valence-corrected chi connectivity index (χ4v) is 3.43. The molecule has 0 unspecified atom stereocenters. The van der Waals surface area contributed by atoms with Gasteiger partial charge in [-0.3, -0.25) is 0 Å². The zero-order valence-corrected chi connectivity index (χ0v) is 11.1. The number of rotatable bonds is 2. The number of benzene rings is 1. The molecule has 1 fully saturated rings. The maximum atomic E-state index is 5.80. The predicted molar refractivity (Wildman–Crippen MR) is 67.9 cm³/mol. The Hall–Kier alpha value is -0.340. The molecule has 1 aliphatic rings. The van der Waals surface area contributed by atoms with Crippen LogP contribution in [0, 0.1) is 18.3 Å². The summed E-state index contributed by atoms with van der Waals surface area (Å²) in [5.41, 5.74) is 8.89. The third-order valence-electron chi connectivity index (χ3n) is 3.80. The Balaban J connectivity index is 2.33. The molecule has 1 aliphatic carbocycles. The van der Waals surface area contributed by atoms with Gasteiger partial charge in [-0.05, 0) is 47.9 Å². The maximum Gasteiger partial charge on any atom is 0.0213 e. The van der Waals surface area contributed by atoms with E-state index in [2.05, 4.69) is 54.9 Å². The Morgan fingerprint density at radius 2 is 2.07 bits per heavy atom. The molecule has 1 aromatic carbocycles. The van der Waals surface area contributed by atoms with Crippen molar-refractivity contribution in [2.45, 2.75) is 26.7 Å². The van der Waals surface area contributed by atoms with Crippen molar-refractivity contribution in [3.05, 3.63) is 33.8 Å². The zero-order valence-electron chi connectivity index (χ0n) is 9.55. The summed E-state index contributed by atoms with van der Waals surface area (Å²) in [4.78, 5) is 0. The fraction of sp³-hybridized carbons (Fsp3) is 0.538. The highest BCUT2D eigenvalue weighted by molar-refractivity contribution is 9.10. The molecule has 1 nitrogen and oxygen atoms in total. The van der Waals surface area contributed by atoms with Gasteiger partial charge in [0.15, 0.2) is 0 Å². The van der Waals surface area contributed by atoms with Crippen LogP contribution in [0.15, 0.2) is 22.7 Å². The SMILES string of the molecule is Cc1ccc([C@H]2[C@H](CN)C2(C)C)c(Br)c1. The molecule has 0 saturated heterocycles. The molecule has 0 aromatic heterocycles. The molecule has 0 heterocycles. The van der Waals surface area contributed by atoms with Crippen LogP contribution in [0.3, 0.4) is 0 Å². The second kappa shape index (κ2) is 3.60. The van der Waals surface area contributed by atoms with Crippen LogP contribution in [-0.2, 0) is 0 Å². The third kappa shape index (κ3) is 1.74. The average molecular weight is 268 g/mol. The quantitative estimate of drug-likeness (QED) is 0.873. The third-order valence-corrected chi connectivity index (χ3v) is 4.48. The Kier molecular flexibility index (Phi) is 2.68. The van der Waals surface area contributed by atoms with Crippen LogP contribution in [0.5, 0.6) is 0 Å². The first kappa shape index (κ1) is 11.2. The van der Waals surface area contributed by atoms with E-state index in [4.69, 9.17) is 5.73 Å². The first-order valence-corrected chi connectivity index (χ1v) is 6.24. The van der Waals surface area contributed by atoms with Crippen molar-refractivity contribution in [2.24, 2.45) is 17.1 Å². The summed E-state index contributed by atoms with van der Waals surface area (Å²) >= 11 is 3.66. The molecule has 0 spiro atoms. The summed E-state index contributed by atoms with van der Waals surface area (Å²) in [6.07, 6.45) is 0. The molecular formula is C13H18BrN. The summed E-state index contributed by atoms with van der Waals surface area (Å²) in [5, 5.41) is 0. The molecule has 15 heavy (non-hydrogen) atoms. The minimum Gasteiger partial charge on any atom is -0.330 e. The normalized spacial score (nSPS) is 27.8. The zero-order chi connectivity index (χ0) is 11.2. The molecule has 2 rings (SSSR count). The summed E-state index contributed by atoms with van der Waals surface area (Å²) < 4.78 is 1.23. The van der Waals surface area contributed by atoms with Crippen LogP contribution >= 0.6 is 15.9 Å². The Morgan fingerprint density at radius 1 is 1.40 bits per heavy atom. The van der Waals surface area contributed by atoms with Gasteiger partial charge in [0.1, 0.15) is 0 Å². The van der Waals surface area contributed by atoms with Gasteiger partial charge in [-0.25, -0.2) is 0 Å². The molecule has 2 atom stereocenters. The Morgan fingerprint density at radius 3 is 2.53 bits per heavy atom. The molecular weight excluding hydrogens is 250 g/mol. The van der Waals surface area contributed by atoms with Crippen molar-refractivity contribution in [3.63, 3.8) is 0 Å². The minimum atomic E-state index is 0.368. The second-order valence-electron chi connectivity index (χ2n) is 5.17. The molecule has 0 amide bonds. The van der Waals surface area contributed by atoms with Crippen molar-refractivity contribution >= 4 is 15.9 Å². The van der Waals surface area contributed by atoms with Crippen molar-refractivity contribution in [3.8, 4) is 0 Å². The van der Waals surface area contributed by atoms with Crippen LogP contribution in [0.4, 0.5) is 0 Å². The van der Waals surface area contributed by atoms with Gasteiger partial charge in [-0.15, -0.1) is 0 Å². The van der Waals surface area contributed by atoms with E-state index in [0.29, 0.717) is 17.3 Å². The van der Waals surface area contributed by atoms with Gasteiger partial charge in [-0.2, -0.15) is 0 Å². The highest BCUT2D eigenvalue weighted by Crippen LogP contribution is 2.64. The fourth-order valence-electron chi connectivity index (χ4n) is 2.69. The molecule has 1 aromatic rings. The van der Waals surface area contributed by atoms with Crippen LogP contribution in [-0.4, -0.2) is 6.54 Å². The first-order valence-electron chi connectivity index (χ1n) is 5.44. The molecule has 0 radical (unpaired) electrons. The maximum absolute atomic E-state index is 5.80. The second-order valence-corrected chi connectivity index (χ2v) is 6.02. The van der Waals surface area contributed by atoms with E-state index in [1.165, 1.54) is 15.6 Å². The summed E-state index contributed by atoms with van der Waals surface area (Å²) in [7, 11) is 0. The molecule has 1 saturated carbocycles. The van der Waals surface area contributed by atoms with E-state index in [9.17, 15) is 0 Å². The Bertz CT molecular complexity index is 384. The monoisotopic (exact) mass is 267 g/mol. The van der Waals surface area contributed by atoms with Crippen LogP contribution in [0.2, 0.25) is 0 Å². The lowest BCUT2D eigenvalue weighted by Crippen LogP contribution is -2.05. The molecule has 82 valence electrons. The van der Waals surface area contributed by atoms with E-state index in [1.807, 2.05) is 0 Å². The average Bonchev–Trinajstić information content (AvgIpc) is 2.68. The standard InChI is InChI=1S/C13H18BrN/c1-8-4-5-9(11(14)6-8)12-10(7-15)13(12,2)3/h4-6,10,12H,7,15H2,1-3H3/t10-,12-/m0/s1. The highest BCUT2D eigenvalue weighted by atomic mass is 79.9. The smallest absolute Gasteiger partial charge is 0.0213 e. The molecule has 2 heteroatoms. The van der Waals surface area contributed by atoms with Gasteiger partial charge in [0.05, 0.1) is 0 Å². The van der Waals surface area contributed by atoms with Gasteiger partial charge in [-0.1, -0.05) is 41.9 Å². The van der Waals surface area contributed by atoms with E-state index >= 15 is 0 Å². The summed E-state index contributed by atoms with van der Waals surface area (Å²) in [5.74, 6) is 1.26. The largest absolute Gasteiger partial charge is 0.330 e. The summed E-state index contributed by atoms with van der Waals surface area (Å²) in [6.45, 7) is 7.52. The number of halogens is 1. The lowest BCUT2D eigenvalue weighted by Gasteiger charge is -2.06. The number of nitrogens with two attached hydrogens (primary N) is 1. The Labute approximate surface area is 100 Å². The predicted octanol–water partition coefficient (Wildman–Crippen LogP) is 3.46. The molecule has 0 bridgehead atoms.